The number of urea groups is 1. The van der Waals surface area contributed by atoms with Gasteiger partial charge in [-0.1, -0.05) is 44.5 Å². The Morgan fingerprint density at radius 1 is 1.12 bits per heavy atom. The third kappa shape index (κ3) is 5.81. The van der Waals surface area contributed by atoms with Crippen molar-refractivity contribution in [1.29, 1.82) is 0 Å². The Balaban J connectivity index is 1.83. The van der Waals surface area contributed by atoms with Crippen molar-refractivity contribution in [2.24, 2.45) is 5.92 Å². The van der Waals surface area contributed by atoms with E-state index in [1.165, 1.54) is 0 Å². The molecule has 1 unspecified atom stereocenters. The molecule has 0 fully saturated rings. The van der Waals surface area contributed by atoms with Gasteiger partial charge in [0.05, 0.1) is 19.6 Å². The SMILES string of the molecule is CCC(C)NC(=O)N1CCOc2ccc(CN(C(=O)C(C)C)c3ccc(C)cc3)cc2C1. The molecule has 0 saturated heterocycles. The van der Waals surface area contributed by atoms with Crippen molar-refractivity contribution in [2.75, 3.05) is 18.1 Å². The smallest absolute Gasteiger partial charge is 0.318 e. The highest BCUT2D eigenvalue weighted by molar-refractivity contribution is 5.94. The van der Waals surface area contributed by atoms with Crippen LogP contribution in [0.15, 0.2) is 42.5 Å². The molecule has 0 saturated carbocycles. The first-order valence-corrected chi connectivity index (χ1v) is 11.5. The Kier molecular flexibility index (Phi) is 7.78. The van der Waals surface area contributed by atoms with Gasteiger partial charge in [-0.25, -0.2) is 4.79 Å². The van der Waals surface area contributed by atoms with Crippen LogP contribution in [-0.4, -0.2) is 36.0 Å². The number of hydrogen-bond donors (Lipinski definition) is 1. The van der Waals surface area contributed by atoms with Gasteiger partial charge in [0.1, 0.15) is 12.4 Å². The largest absolute Gasteiger partial charge is 0.491 e. The van der Waals surface area contributed by atoms with E-state index in [1.807, 2.05) is 69.0 Å². The van der Waals surface area contributed by atoms with Gasteiger partial charge in [0, 0.05) is 23.2 Å². The lowest BCUT2D eigenvalue weighted by atomic mass is 10.1. The van der Waals surface area contributed by atoms with Gasteiger partial charge in [0.15, 0.2) is 0 Å². The molecule has 0 bridgehead atoms. The number of nitrogens with zero attached hydrogens (tertiary/aromatic N) is 2. The number of carbonyl (C=O) groups is 2. The molecular formula is C26H35N3O3. The number of aryl methyl sites for hydroxylation is 1. The fraction of sp³-hybridized carbons (Fsp3) is 0.462. The fourth-order valence-corrected chi connectivity index (χ4v) is 3.64. The summed E-state index contributed by atoms with van der Waals surface area (Å²) in [5.74, 6) is 0.763. The van der Waals surface area contributed by atoms with Crippen LogP contribution in [0.2, 0.25) is 0 Å². The minimum absolute atomic E-state index is 0.0718. The molecule has 172 valence electrons. The third-order valence-electron chi connectivity index (χ3n) is 5.82. The number of amides is 3. The zero-order valence-corrected chi connectivity index (χ0v) is 19.9. The summed E-state index contributed by atoms with van der Waals surface area (Å²) in [7, 11) is 0. The quantitative estimate of drug-likeness (QED) is 0.700. The molecule has 2 aromatic rings. The van der Waals surface area contributed by atoms with Crippen LogP contribution in [0, 0.1) is 12.8 Å². The molecule has 0 aromatic heterocycles. The molecule has 6 nitrogen and oxygen atoms in total. The first-order chi connectivity index (χ1) is 15.3. The maximum Gasteiger partial charge on any atom is 0.318 e. The minimum Gasteiger partial charge on any atom is -0.491 e. The molecule has 1 heterocycles. The van der Waals surface area contributed by atoms with Crippen molar-refractivity contribution in [3.8, 4) is 5.75 Å². The molecular weight excluding hydrogens is 402 g/mol. The predicted octanol–water partition coefficient (Wildman–Crippen LogP) is 4.89. The lowest BCUT2D eigenvalue weighted by Gasteiger charge is -2.26. The second kappa shape index (κ2) is 10.5. The van der Waals surface area contributed by atoms with Crippen LogP contribution in [0.5, 0.6) is 5.75 Å². The van der Waals surface area contributed by atoms with Gasteiger partial charge in [0.25, 0.3) is 0 Å². The van der Waals surface area contributed by atoms with E-state index >= 15 is 0 Å². The summed E-state index contributed by atoms with van der Waals surface area (Å²) in [6.45, 7) is 11.9. The molecule has 6 heteroatoms. The van der Waals surface area contributed by atoms with Gasteiger partial charge in [0.2, 0.25) is 5.91 Å². The molecule has 0 radical (unpaired) electrons. The van der Waals surface area contributed by atoms with Gasteiger partial charge in [-0.2, -0.15) is 0 Å². The average molecular weight is 438 g/mol. The number of carbonyl (C=O) groups excluding carboxylic acids is 2. The third-order valence-corrected chi connectivity index (χ3v) is 5.82. The molecule has 3 amide bonds. The van der Waals surface area contributed by atoms with E-state index in [9.17, 15) is 9.59 Å². The van der Waals surface area contributed by atoms with E-state index < -0.39 is 0 Å². The average Bonchev–Trinajstić information content (AvgIpc) is 2.99. The van der Waals surface area contributed by atoms with Crippen molar-refractivity contribution in [1.82, 2.24) is 10.2 Å². The lowest BCUT2D eigenvalue weighted by molar-refractivity contribution is -0.121. The van der Waals surface area contributed by atoms with E-state index in [1.54, 1.807) is 4.90 Å². The molecule has 1 atom stereocenters. The zero-order valence-electron chi connectivity index (χ0n) is 19.9. The highest BCUT2D eigenvalue weighted by Gasteiger charge is 2.23. The van der Waals surface area contributed by atoms with Crippen LogP contribution in [0.1, 0.15) is 50.8 Å². The van der Waals surface area contributed by atoms with Crippen molar-refractivity contribution >= 4 is 17.6 Å². The van der Waals surface area contributed by atoms with E-state index in [4.69, 9.17) is 4.74 Å². The Morgan fingerprint density at radius 2 is 1.84 bits per heavy atom. The van der Waals surface area contributed by atoms with Crippen molar-refractivity contribution in [2.45, 2.75) is 60.2 Å². The predicted molar refractivity (Wildman–Crippen MR) is 128 cm³/mol. The van der Waals surface area contributed by atoms with Crippen molar-refractivity contribution < 1.29 is 14.3 Å². The van der Waals surface area contributed by atoms with Crippen molar-refractivity contribution in [3.05, 3.63) is 59.2 Å². The molecule has 2 aromatic carbocycles. The summed E-state index contributed by atoms with van der Waals surface area (Å²) in [5, 5.41) is 3.04. The maximum atomic E-state index is 13.0. The molecule has 3 rings (SSSR count). The molecule has 32 heavy (non-hydrogen) atoms. The Bertz CT molecular complexity index is 940. The second-order valence-electron chi connectivity index (χ2n) is 8.89. The van der Waals surface area contributed by atoms with Gasteiger partial charge in [-0.15, -0.1) is 0 Å². The highest BCUT2D eigenvalue weighted by atomic mass is 16.5. The van der Waals surface area contributed by atoms with Crippen LogP contribution in [0.4, 0.5) is 10.5 Å². The van der Waals surface area contributed by atoms with Crippen LogP contribution in [0.25, 0.3) is 0 Å². The summed E-state index contributed by atoms with van der Waals surface area (Å²) < 4.78 is 5.90. The van der Waals surface area contributed by atoms with E-state index in [2.05, 4.69) is 18.3 Å². The summed E-state index contributed by atoms with van der Waals surface area (Å²) in [6.07, 6.45) is 0.884. The van der Waals surface area contributed by atoms with Crippen LogP contribution in [0.3, 0.4) is 0 Å². The standard InChI is InChI=1S/C26H35N3O3/c1-6-20(5)27-26(31)28-13-14-32-24-12-9-21(15-22(24)17-28)16-29(25(30)18(2)3)23-10-7-19(4)8-11-23/h7-12,15,18,20H,6,13-14,16-17H2,1-5H3,(H,27,31). The van der Waals surface area contributed by atoms with Gasteiger partial charge in [-0.05, 0) is 50.1 Å². The molecule has 1 aliphatic rings. The number of nitrogens with one attached hydrogen (secondary N) is 1. The van der Waals surface area contributed by atoms with Crippen LogP contribution >= 0.6 is 0 Å². The minimum atomic E-state index is -0.111. The molecule has 1 aliphatic heterocycles. The van der Waals surface area contributed by atoms with Gasteiger partial charge < -0.3 is 19.9 Å². The van der Waals surface area contributed by atoms with Crippen molar-refractivity contribution in [3.63, 3.8) is 0 Å². The van der Waals surface area contributed by atoms with Gasteiger partial charge in [-0.3, -0.25) is 4.79 Å². The van der Waals surface area contributed by atoms with Gasteiger partial charge >= 0.3 is 6.03 Å². The van der Waals surface area contributed by atoms with Crippen LogP contribution in [-0.2, 0) is 17.9 Å². The lowest BCUT2D eigenvalue weighted by Crippen LogP contribution is -2.44. The topological polar surface area (TPSA) is 61.9 Å². The zero-order chi connectivity index (χ0) is 23.3. The second-order valence-corrected chi connectivity index (χ2v) is 8.89. The maximum absolute atomic E-state index is 13.0. The number of hydrogen-bond acceptors (Lipinski definition) is 3. The summed E-state index contributed by atoms with van der Waals surface area (Å²) in [6, 6.07) is 14.1. The summed E-state index contributed by atoms with van der Waals surface area (Å²) >= 11 is 0. The summed E-state index contributed by atoms with van der Waals surface area (Å²) in [5.41, 5.74) is 4.00. The fourth-order valence-electron chi connectivity index (χ4n) is 3.64. The Morgan fingerprint density at radius 3 is 2.50 bits per heavy atom. The Labute approximate surface area is 191 Å². The number of fused-ring (bicyclic) bond motifs is 1. The molecule has 0 aliphatic carbocycles. The summed E-state index contributed by atoms with van der Waals surface area (Å²) in [4.78, 5) is 29.3. The molecule has 0 spiro atoms. The number of benzene rings is 2. The first kappa shape index (κ1) is 23.6. The van der Waals surface area contributed by atoms with E-state index in [-0.39, 0.29) is 23.9 Å². The van der Waals surface area contributed by atoms with Crippen LogP contribution < -0.4 is 15.0 Å². The first-order valence-electron chi connectivity index (χ1n) is 11.5. The molecule has 1 N–H and O–H groups in total. The highest BCUT2D eigenvalue weighted by Crippen LogP contribution is 2.27. The monoisotopic (exact) mass is 437 g/mol. The number of anilines is 1. The number of rotatable bonds is 6. The Hall–Kier alpha value is -3.02. The number of ether oxygens (including phenoxy) is 1. The normalized spacial score (nSPS) is 14.2. The van der Waals surface area contributed by atoms with E-state index in [0.29, 0.717) is 26.2 Å². The van der Waals surface area contributed by atoms with E-state index in [0.717, 1.165) is 34.5 Å².